The van der Waals surface area contributed by atoms with Gasteiger partial charge in [0.25, 0.3) is 0 Å². The van der Waals surface area contributed by atoms with Crippen LogP contribution >= 0.6 is 11.8 Å². The number of Topliss-reactive ketones (excluding diaryl/α,β-unsaturated/α-hetero) is 1. The monoisotopic (exact) mass is 296 g/mol. The van der Waals surface area contributed by atoms with Crippen LogP contribution in [0.4, 0.5) is 0 Å². The van der Waals surface area contributed by atoms with Crippen molar-refractivity contribution in [1.82, 2.24) is 0 Å². The Morgan fingerprint density at radius 2 is 2.10 bits per heavy atom. The highest BCUT2D eigenvalue weighted by molar-refractivity contribution is 8.06. The summed E-state index contributed by atoms with van der Waals surface area (Å²) in [5.74, 6) is 1.58. The van der Waals surface area contributed by atoms with Gasteiger partial charge in [0.05, 0.1) is 5.92 Å². The van der Waals surface area contributed by atoms with Crippen molar-refractivity contribution in [3.8, 4) is 5.75 Å². The van der Waals surface area contributed by atoms with Gasteiger partial charge in [-0.05, 0) is 53.5 Å². The first-order chi connectivity index (χ1) is 10.2. The molecule has 1 aliphatic carbocycles. The van der Waals surface area contributed by atoms with E-state index in [1.807, 2.05) is 48.6 Å². The van der Waals surface area contributed by atoms with E-state index in [9.17, 15) is 4.79 Å². The summed E-state index contributed by atoms with van der Waals surface area (Å²) >= 11 is 1.69. The molecule has 3 heteroatoms. The summed E-state index contributed by atoms with van der Waals surface area (Å²) in [5, 5.41) is 2.07. The predicted molar refractivity (Wildman–Crippen MR) is 86.8 cm³/mol. The van der Waals surface area contributed by atoms with Crippen LogP contribution in [0.15, 0.2) is 76.3 Å². The minimum Gasteiger partial charge on any atom is -0.457 e. The Balaban J connectivity index is 1.89. The van der Waals surface area contributed by atoms with E-state index < -0.39 is 0 Å². The Labute approximate surface area is 128 Å². The van der Waals surface area contributed by atoms with E-state index in [0.29, 0.717) is 0 Å². The molecule has 1 aliphatic heterocycles. The van der Waals surface area contributed by atoms with Gasteiger partial charge in [-0.2, -0.15) is 0 Å². The number of allylic oxidation sites excluding steroid dienone is 6. The molecule has 0 N–H and O–H groups in total. The highest BCUT2D eigenvalue weighted by Crippen LogP contribution is 2.37. The largest absolute Gasteiger partial charge is 0.457 e. The van der Waals surface area contributed by atoms with E-state index in [0.717, 1.165) is 23.5 Å². The molecule has 0 spiro atoms. The topological polar surface area (TPSA) is 26.3 Å². The maximum absolute atomic E-state index is 11.8. The van der Waals surface area contributed by atoms with Crippen LogP contribution in [0.1, 0.15) is 13.3 Å². The summed E-state index contributed by atoms with van der Waals surface area (Å²) in [5.41, 5.74) is 1.06. The van der Waals surface area contributed by atoms with Gasteiger partial charge >= 0.3 is 0 Å². The van der Waals surface area contributed by atoms with Gasteiger partial charge in [0.2, 0.25) is 0 Å². The van der Waals surface area contributed by atoms with Gasteiger partial charge in [-0.1, -0.05) is 30.4 Å². The van der Waals surface area contributed by atoms with E-state index in [1.54, 1.807) is 18.7 Å². The maximum Gasteiger partial charge on any atom is 0.141 e. The lowest BCUT2D eigenvalue weighted by atomic mass is 9.90. The molecule has 1 aromatic rings. The highest BCUT2D eigenvalue weighted by atomic mass is 32.2. The van der Waals surface area contributed by atoms with Crippen molar-refractivity contribution in [3.05, 3.63) is 76.3 Å². The number of hydrogen-bond donors (Lipinski definition) is 0. The van der Waals surface area contributed by atoms with Crippen molar-refractivity contribution in [1.29, 1.82) is 0 Å². The zero-order chi connectivity index (χ0) is 14.7. The number of ether oxygens (including phenoxy) is 1. The molecular weight excluding hydrogens is 280 g/mol. The minimum atomic E-state index is -0.157. The van der Waals surface area contributed by atoms with Crippen LogP contribution in [0.25, 0.3) is 0 Å². The Morgan fingerprint density at radius 1 is 1.29 bits per heavy atom. The fraction of sp³-hybridized carbons (Fsp3) is 0.167. The number of para-hydroxylation sites is 1. The number of benzene rings is 1. The number of ketones is 1. The Kier molecular flexibility index (Phi) is 4.11. The molecule has 0 saturated carbocycles. The molecule has 21 heavy (non-hydrogen) atoms. The van der Waals surface area contributed by atoms with Crippen LogP contribution < -0.4 is 4.74 Å². The lowest BCUT2D eigenvalue weighted by Crippen LogP contribution is -2.15. The van der Waals surface area contributed by atoms with E-state index in [-0.39, 0.29) is 11.7 Å². The number of carbonyl (C=O) groups excluding carboxylic acids is 1. The van der Waals surface area contributed by atoms with Crippen molar-refractivity contribution in [2.24, 2.45) is 5.92 Å². The molecule has 0 fully saturated rings. The Bertz CT molecular complexity index is 656. The Hall–Kier alpha value is -2.00. The van der Waals surface area contributed by atoms with Gasteiger partial charge in [0, 0.05) is 0 Å². The molecule has 2 nitrogen and oxygen atoms in total. The fourth-order valence-electron chi connectivity index (χ4n) is 2.40. The van der Waals surface area contributed by atoms with Crippen LogP contribution in [0, 0.1) is 5.92 Å². The standard InChI is InChI=1S/C18H16O2S/c1-13(19)16-10-9-15(20-14-6-3-2-4-7-14)12-17(16)18-8-5-11-21-18/h2-7,9-12,16H,8H2,1H3/b18-17+. The van der Waals surface area contributed by atoms with Crippen LogP contribution in [0.3, 0.4) is 0 Å². The smallest absolute Gasteiger partial charge is 0.141 e. The van der Waals surface area contributed by atoms with Crippen molar-refractivity contribution in [2.45, 2.75) is 13.3 Å². The second-order valence-electron chi connectivity index (χ2n) is 4.98. The minimum absolute atomic E-state index is 0.157. The quantitative estimate of drug-likeness (QED) is 0.813. The molecular formula is C18H16O2S. The van der Waals surface area contributed by atoms with Crippen molar-refractivity contribution in [3.63, 3.8) is 0 Å². The summed E-state index contributed by atoms with van der Waals surface area (Å²) in [6.45, 7) is 1.64. The Morgan fingerprint density at radius 3 is 2.76 bits per heavy atom. The highest BCUT2D eigenvalue weighted by Gasteiger charge is 2.23. The SMILES string of the molecule is CC(=O)C1C=CC(Oc2ccccc2)=C/C1=C1/CC=CS1. The van der Waals surface area contributed by atoms with Crippen molar-refractivity contribution >= 4 is 17.5 Å². The number of carbonyl (C=O) groups is 1. The normalized spacial score (nSPS) is 24.0. The number of rotatable bonds is 3. The summed E-state index contributed by atoms with van der Waals surface area (Å²) in [7, 11) is 0. The van der Waals surface area contributed by atoms with E-state index in [1.165, 1.54) is 4.91 Å². The zero-order valence-corrected chi connectivity index (χ0v) is 12.6. The molecule has 1 unspecified atom stereocenters. The lowest BCUT2D eigenvalue weighted by molar-refractivity contribution is -0.118. The molecule has 0 radical (unpaired) electrons. The molecule has 106 valence electrons. The molecule has 1 atom stereocenters. The van der Waals surface area contributed by atoms with E-state index in [4.69, 9.17) is 4.74 Å². The van der Waals surface area contributed by atoms with Gasteiger partial charge in [0.1, 0.15) is 17.3 Å². The third kappa shape index (κ3) is 3.19. The van der Waals surface area contributed by atoms with Crippen LogP contribution in [0.5, 0.6) is 5.75 Å². The van der Waals surface area contributed by atoms with Crippen LogP contribution in [0.2, 0.25) is 0 Å². The molecule has 0 aromatic heterocycles. The zero-order valence-electron chi connectivity index (χ0n) is 11.8. The molecule has 2 aliphatic rings. The second kappa shape index (κ2) is 6.19. The summed E-state index contributed by atoms with van der Waals surface area (Å²) < 4.78 is 5.87. The summed E-state index contributed by atoms with van der Waals surface area (Å²) in [4.78, 5) is 13.1. The molecule has 1 aromatic carbocycles. The van der Waals surface area contributed by atoms with Gasteiger partial charge in [-0.3, -0.25) is 4.79 Å². The molecule has 1 heterocycles. The molecule has 0 bridgehead atoms. The van der Waals surface area contributed by atoms with Crippen molar-refractivity contribution < 1.29 is 9.53 Å². The summed E-state index contributed by atoms with van der Waals surface area (Å²) in [6.07, 6.45) is 8.83. The van der Waals surface area contributed by atoms with Gasteiger partial charge < -0.3 is 4.74 Å². The average molecular weight is 296 g/mol. The first-order valence-electron chi connectivity index (χ1n) is 6.92. The van der Waals surface area contributed by atoms with Crippen LogP contribution in [-0.4, -0.2) is 5.78 Å². The van der Waals surface area contributed by atoms with Crippen molar-refractivity contribution in [2.75, 3.05) is 0 Å². The first kappa shape index (κ1) is 14.0. The molecule has 0 saturated heterocycles. The van der Waals surface area contributed by atoms with Gasteiger partial charge in [-0.25, -0.2) is 0 Å². The third-order valence-electron chi connectivity index (χ3n) is 3.43. The second-order valence-corrected chi connectivity index (χ2v) is 5.98. The summed E-state index contributed by atoms with van der Waals surface area (Å²) in [6, 6.07) is 9.68. The number of thioether (sulfide) groups is 1. The van der Waals surface area contributed by atoms with Gasteiger partial charge in [-0.15, -0.1) is 11.8 Å². The fourth-order valence-corrected chi connectivity index (χ4v) is 3.27. The number of hydrogen-bond acceptors (Lipinski definition) is 3. The van der Waals surface area contributed by atoms with E-state index >= 15 is 0 Å². The maximum atomic E-state index is 11.8. The van der Waals surface area contributed by atoms with E-state index in [2.05, 4.69) is 11.5 Å². The first-order valence-corrected chi connectivity index (χ1v) is 7.80. The third-order valence-corrected chi connectivity index (χ3v) is 4.45. The van der Waals surface area contributed by atoms with Crippen LogP contribution in [-0.2, 0) is 4.79 Å². The molecule has 3 rings (SSSR count). The average Bonchev–Trinajstić information content (AvgIpc) is 3.02. The molecule has 0 amide bonds. The van der Waals surface area contributed by atoms with Gasteiger partial charge in [0.15, 0.2) is 0 Å². The predicted octanol–water partition coefficient (Wildman–Crippen LogP) is 4.63. The lowest BCUT2D eigenvalue weighted by Gasteiger charge is -2.20.